The zero-order valence-corrected chi connectivity index (χ0v) is 14.0. The summed E-state index contributed by atoms with van der Waals surface area (Å²) in [5, 5.41) is 10.1. The smallest absolute Gasteiger partial charge is 0.241 e. The van der Waals surface area contributed by atoms with Crippen molar-refractivity contribution in [3.05, 3.63) is 53.3 Å². The van der Waals surface area contributed by atoms with Gasteiger partial charge in [0, 0.05) is 25.4 Å². The zero-order chi connectivity index (χ0) is 15.2. The second-order valence-corrected chi connectivity index (χ2v) is 5.14. The number of carbonyl (C=O) groups is 1. The van der Waals surface area contributed by atoms with Gasteiger partial charge in [0.1, 0.15) is 6.04 Å². The van der Waals surface area contributed by atoms with Gasteiger partial charge in [-0.25, -0.2) is 0 Å². The van der Waals surface area contributed by atoms with Crippen molar-refractivity contribution in [1.29, 1.82) is 0 Å². The fraction of sp³-hybridized carbons (Fsp3) is 0.375. The molecular formula is C16H23ClN4O. The number of carbonyl (C=O) groups excluding carboxylic acids is 1. The SMILES string of the molecule is CNC(C(=O)NCCc1ccccc1C)c1cnn(C)c1.Cl. The van der Waals surface area contributed by atoms with E-state index in [4.69, 9.17) is 0 Å². The molecule has 22 heavy (non-hydrogen) atoms. The van der Waals surface area contributed by atoms with Crippen LogP contribution in [-0.4, -0.2) is 29.3 Å². The molecule has 2 aromatic rings. The summed E-state index contributed by atoms with van der Waals surface area (Å²) in [7, 11) is 3.62. The molecule has 0 radical (unpaired) electrons. The van der Waals surface area contributed by atoms with E-state index in [9.17, 15) is 4.79 Å². The van der Waals surface area contributed by atoms with Crippen molar-refractivity contribution in [1.82, 2.24) is 20.4 Å². The average molecular weight is 323 g/mol. The number of aromatic nitrogens is 2. The highest BCUT2D eigenvalue weighted by molar-refractivity contribution is 5.85. The maximum atomic E-state index is 12.2. The molecule has 2 rings (SSSR count). The van der Waals surface area contributed by atoms with Gasteiger partial charge < -0.3 is 10.6 Å². The molecule has 1 aromatic heterocycles. The summed E-state index contributed by atoms with van der Waals surface area (Å²) in [6.07, 6.45) is 4.39. The van der Waals surface area contributed by atoms with E-state index in [0.29, 0.717) is 6.54 Å². The monoisotopic (exact) mass is 322 g/mol. The Morgan fingerprint density at radius 1 is 1.36 bits per heavy atom. The Bertz CT molecular complexity index is 612. The van der Waals surface area contributed by atoms with Crippen molar-refractivity contribution in [2.24, 2.45) is 7.05 Å². The van der Waals surface area contributed by atoms with Crippen LogP contribution in [0, 0.1) is 6.92 Å². The highest BCUT2D eigenvalue weighted by Gasteiger charge is 2.19. The van der Waals surface area contributed by atoms with Gasteiger partial charge in [0.2, 0.25) is 5.91 Å². The molecule has 120 valence electrons. The summed E-state index contributed by atoms with van der Waals surface area (Å²) in [6.45, 7) is 2.71. The van der Waals surface area contributed by atoms with Gasteiger partial charge in [-0.05, 0) is 31.5 Å². The van der Waals surface area contributed by atoms with Crippen LogP contribution in [-0.2, 0) is 18.3 Å². The van der Waals surface area contributed by atoms with Crippen LogP contribution in [0.4, 0.5) is 0 Å². The second kappa shape index (κ2) is 8.56. The molecule has 0 aliphatic heterocycles. The molecule has 2 N–H and O–H groups in total. The third-order valence-electron chi connectivity index (χ3n) is 3.56. The molecule has 0 aliphatic rings. The van der Waals surface area contributed by atoms with Crippen molar-refractivity contribution in [2.45, 2.75) is 19.4 Å². The minimum atomic E-state index is -0.365. The van der Waals surface area contributed by atoms with Gasteiger partial charge in [-0.3, -0.25) is 9.48 Å². The van der Waals surface area contributed by atoms with Crippen LogP contribution in [0.1, 0.15) is 22.7 Å². The van der Waals surface area contributed by atoms with Crippen LogP contribution in [0.2, 0.25) is 0 Å². The van der Waals surface area contributed by atoms with Gasteiger partial charge >= 0.3 is 0 Å². The fourth-order valence-corrected chi connectivity index (χ4v) is 2.35. The molecule has 1 amide bonds. The largest absolute Gasteiger partial charge is 0.354 e. The third kappa shape index (κ3) is 4.58. The first kappa shape index (κ1) is 18.2. The van der Waals surface area contributed by atoms with E-state index in [1.807, 2.05) is 25.4 Å². The highest BCUT2D eigenvalue weighted by atomic mass is 35.5. The van der Waals surface area contributed by atoms with Crippen LogP contribution >= 0.6 is 12.4 Å². The normalized spacial score (nSPS) is 11.6. The number of halogens is 1. The van der Waals surface area contributed by atoms with Gasteiger partial charge in [-0.1, -0.05) is 24.3 Å². The number of nitrogens with one attached hydrogen (secondary N) is 2. The average Bonchev–Trinajstić information content (AvgIpc) is 2.88. The minimum absolute atomic E-state index is 0. The Balaban J connectivity index is 0.00000242. The van der Waals surface area contributed by atoms with Crippen molar-refractivity contribution in [3.8, 4) is 0 Å². The van der Waals surface area contributed by atoms with E-state index in [2.05, 4.69) is 34.8 Å². The molecule has 5 nitrogen and oxygen atoms in total. The van der Waals surface area contributed by atoms with E-state index in [-0.39, 0.29) is 24.4 Å². The Kier molecular flexibility index (Phi) is 7.08. The lowest BCUT2D eigenvalue weighted by atomic mass is 10.1. The lowest BCUT2D eigenvalue weighted by Crippen LogP contribution is -2.36. The van der Waals surface area contributed by atoms with Crippen molar-refractivity contribution < 1.29 is 4.79 Å². The van der Waals surface area contributed by atoms with E-state index in [1.54, 1.807) is 17.9 Å². The lowest BCUT2D eigenvalue weighted by Gasteiger charge is -2.15. The zero-order valence-electron chi connectivity index (χ0n) is 13.2. The topological polar surface area (TPSA) is 59.0 Å². The van der Waals surface area contributed by atoms with Gasteiger partial charge in [0.25, 0.3) is 0 Å². The number of aryl methyl sites for hydroxylation is 2. The van der Waals surface area contributed by atoms with Gasteiger partial charge in [-0.15, -0.1) is 12.4 Å². The third-order valence-corrected chi connectivity index (χ3v) is 3.56. The Morgan fingerprint density at radius 2 is 2.09 bits per heavy atom. The second-order valence-electron chi connectivity index (χ2n) is 5.14. The molecule has 0 saturated heterocycles. The molecule has 1 unspecified atom stereocenters. The number of rotatable bonds is 6. The molecule has 1 heterocycles. The minimum Gasteiger partial charge on any atom is -0.354 e. The van der Waals surface area contributed by atoms with Crippen molar-refractivity contribution in [2.75, 3.05) is 13.6 Å². The lowest BCUT2D eigenvalue weighted by molar-refractivity contribution is -0.123. The van der Waals surface area contributed by atoms with E-state index < -0.39 is 0 Å². The predicted molar refractivity (Wildman–Crippen MR) is 90.1 cm³/mol. The number of hydrogen-bond donors (Lipinski definition) is 2. The first-order valence-corrected chi connectivity index (χ1v) is 7.10. The molecule has 0 bridgehead atoms. The maximum absolute atomic E-state index is 12.2. The summed E-state index contributed by atoms with van der Waals surface area (Å²) < 4.78 is 1.69. The van der Waals surface area contributed by atoms with Crippen LogP contribution in [0.25, 0.3) is 0 Å². The Hall–Kier alpha value is -1.85. The van der Waals surface area contributed by atoms with Gasteiger partial charge in [0.15, 0.2) is 0 Å². The molecule has 0 aliphatic carbocycles. The fourth-order valence-electron chi connectivity index (χ4n) is 2.35. The first-order valence-electron chi connectivity index (χ1n) is 7.10. The molecule has 6 heteroatoms. The van der Waals surface area contributed by atoms with Crippen molar-refractivity contribution >= 4 is 18.3 Å². The summed E-state index contributed by atoms with van der Waals surface area (Å²) in [6, 6.07) is 7.87. The number of amides is 1. The molecule has 1 aromatic carbocycles. The van der Waals surface area contributed by atoms with Crippen LogP contribution in [0.15, 0.2) is 36.7 Å². The van der Waals surface area contributed by atoms with Gasteiger partial charge in [-0.2, -0.15) is 5.10 Å². The van der Waals surface area contributed by atoms with Gasteiger partial charge in [0.05, 0.1) is 6.20 Å². The van der Waals surface area contributed by atoms with Crippen molar-refractivity contribution in [3.63, 3.8) is 0 Å². The summed E-state index contributed by atoms with van der Waals surface area (Å²) in [5.41, 5.74) is 3.39. The number of hydrogen-bond acceptors (Lipinski definition) is 3. The number of benzene rings is 1. The van der Waals surface area contributed by atoms with Crippen LogP contribution in [0.3, 0.4) is 0 Å². The number of likely N-dealkylation sites (N-methyl/N-ethyl adjacent to an activating group) is 1. The van der Waals surface area contributed by atoms with E-state index in [0.717, 1.165) is 12.0 Å². The molecule has 0 saturated carbocycles. The van der Waals surface area contributed by atoms with Crippen LogP contribution < -0.4 is 10.6 Å². The molecule has 0 spiro atoms. The quantitative estimate of drug-likeness (QED) is 0.852. The first-order chi connectivity index (χ1) is 10.1. The molecule has 0 fully saturated rings. The van der Waals surface area contributed by atoms with E-state index >= 15 is 0 Å². The Labute approximate surface area is 137 Å². The predicted octanol–water partition coefficient (Wildman–Crippen LogP) is 1.77. The van der Waals surface area contributed by atoms with E-state index in [1.165, 1.54) is 11.1 Å². The molecular weight excluding hydrogens is 300 g/mol. The maximum Gasteiger partial charge on any atom is 0.241 e. The Morgan fingerprint density at radius 3 is 2.68 bits per heavy atom. The highest BCUT2D eigenvalue weighted by Crippen LogP contribution is 2.11. The summed E-state index contributed by atoms with van der Waals surface area (Å²) >= 11 is 0. The standard InChI is InChI=1S/C16H22N4O.ClH/c1-12-6-4-5-7-13(12)8-9-18-16(21)15(17-2)14-10-19-20(3)11-14;/h4-7,10-11,15,17H,8-9H2,1-3H3,(H,18,21);1H. The summed E-state index contributed by atoms with van der Waals surface area (Å²) in [5.74, 6) is -0.0286. The van der Waals surface area contributed by atoms with Crippen LogP contribution in [0.5, 0.6) is 0 Å². The number of nitrogens with zero attached hydrogens (tertiary/aromatic N) is 2. The molecule has 1 atom stereocenters. The summed E-state index contributed by atoms with van der Waals surface area (Å²) in [4.78, 5) is 12.2.